The minimum Gasteiger partial charge on any atom is -0.356 e. The van der Waals surface area contributed by atoms with Gasteiger partial charge in [-0.15, -0.1) is 11.3 Å². The molecule has 0 atom stereocenters. The molecular weight excluding hydrogens is 335 g/mol. The maximum atomic E-state index is 12.5. The summed E-state index contributed by atoms with van der Waals surface area (Å²) in [6.07, 6.45) is -2.73. The standard InChI is InChI=1S/C17H20F3N3S/c1-21-16(23-11-9-15-3-2-12-24-15)22-10-8-13-4-6-14(7-5-13)17(18,19)20/h2-7,12H,8-11H2,1H3,(H2,21,22,23). The Bertz CT molecular complexity index is 634. The van der Waals surface area contributed by atoms with Gasteiger partial charge in [0.2, 0.25) is 0 Å². The molecule has 130 valence electrons. The van der Waals surface area contributed by atoms with E-state index in [1.807, 2.05) is 11.4 Å². The van der Waals surface area contributed by atoms with Crippen LogP contribution in [0.5, 0.6) is 0 Å². The highest BCUT2D eigenvalue weighted by Crippen LogP contribution is 2.29. The number of rotatable bonds is 6. The molecule has 0 aliphatic carbocycles. The van der Waals surface area contributed by atoms with Crippen LogP contribution in [0.2, 0.25) is 0 Å². The molecule has 2 rings (SSSR count). The highest BCUT2D eigenvalue weighted by atomic mass is 32.1. The van der Waals surface area contributed by atoms with Crippen LogP contribution in [0, 0.1) is 0 Å². The summed E-state index contributed by atoms with van der Waals surface area (Å²) in [6.45, 7) is 1.38. The van der Waals surface area contributed by atoms with Crippen molar-refractivity contribution >= 4 is 17.3 Å². The Labute approximate surface area is 143 Å². The van der Waals surface area contributed by atoms with Crippen LogP contribution in [0.4, 0.5) is 13.2 Å². The SMILES string of the molecule is CN=C(NCCc1ccc(C(F)(F)F)cc1)NCCc1cccs1. The molecule has 3 nitrogen and oxygen atoms in total. The summed E-state index contributed by atoms with van der Waals surface area (Å²) in [6, 6.07) is 9.37. The predicted octanol–water partition coefficient (Wildman–Crippen LogP) is 3.72. The van der Waals surface area contributed by atoms with Gasteiger partial charge in [-0.25, -0.2) is 0 Å². The fraction of sp³-hybridized carbons (Fsp3) is 0.353. The Balaban J connectivity index is 1.71. The van der Waals surface area contributed by atoms with Crippen LogP contribution in [0.1, 0.15) is 16.0 Å². The Morgan fingerprint density at radius 1 is 1.04 bits per heavy atom. The second kappa shape index (κ2) is 8.73. The van der Waals surface area contributed by atoms with E-state index in [0.717, 1.165) is 30.7 Å². The zero-order valence-corrected chi connectivity index (χ0v) is 14.2. The Morgan fingerprint density at radius 3 is 2.25 bits per heavy atom. The lowest BCUT2D eigenvalue weighted by Gasteiger charge is -2.12. The smallest absolute Gasteiger partial charge is 0.356 e. The lowest BCUT2D eigenvalue weighted by Crippen LogP contribution is -2.39. The maximum Gasteiger partial charge on any atom is 0.416 e. The molecule has 1 heterocycles. The zero-order valence-electron chi connectivity index (χ0n) is 13.4. The third-order valence-electron chi connectivity index (χ3n) is 3.45. The molecule has 0 aliphatic rings. The van der Waals surface area contributed by atoms with E-state index in [1.165, 1.54) is 17.0 Å². The van der Waals surface area contributed by atoms with Crippen molar-refractivity contribution in [2.45, 2.75) is 19.0 Å². The van der Waals surface area contributed by atoms with Gasteiger partial charge in [0, 0.05) is 25.0 Å². The third-order valence-corrected chi connectivity index (χ3v) is 4.39. The second-order valence-electron chi connectivity index (χ2n) is 5.20. The quantitative estimate of drug-likeness (QED) is 0.612. The van der Waals surface area contributed by atoms with Crippen molar-refractivity contribution < 1.29 is 13.2 Å². The number of aliphatic imine (C=N–C) groups is 1. The van der Waals surface area contributed by atoms with Crippen LogP contribution in [-0.2, 0) is 19.0 Å². The molecular formula is C17H20F3N3S. The fourth-order valence-corrected chi connectivity index (χ4v) is 2.87. The average molecular weight is 355 g/mol. The van der Waals surface area contributed by atoms with E-state index in [1.54, 1.807) is 18.4 Å². The normalized spacial score (nSPS) is 12.2. The molecule has 2 N–H and O–H groups in total. The number of hydrogen-bond donors (Lipinski definition) is 2. The fourth-order valence-electron chi connectivity index (χ4n) is 2.17. The van der Waals surface area contributed by atoms with E-state index in [2.05, 4.69) is 21.7 Å². The van der Waals surface area contributed by atoms with E-state index >= 15 is 0 Å². The van der Waals surface area contributed by atoms with Crippen molar-refractivity contribution in [2.24, 2.45) is 4.99 Å². The Morgan fingerprint density at radius 2 is 1.71 bits per heavy atom. The van der Waals surface area contributed by atoms with Gasteiger partial charge in [-0.1, -0.05) is 18.2 Å². The van der Waals surface area contributed by atoms with Crippen LogP contribution in [0.3, 0.4) is 0 Å². The number of alkyl halides is 3. The summed E-state index contributed by atoms with van der Waals surface area (Å²) >= 11 is 1.72. The largest absolute Gasteiger partial charge is 0.416 e. The average Bonchev–Trinajstić information content (AvgIpc) is 3.06. The van der Waals surface area contributed by atoms with E-state index in [0.29, 0.717) is 18.9 Å². The van der Waals surface area contributed by atoms with Crippen LogP contribution in [0.25, 0.3) is 0 Å². The van der Waals surface area contributed by atoms with Gasteiger partial charge in [0.1, 0.15) is 0 Å². The number of halogens is 3. The summed E-state index contributed by atoms with van der Waals surface area (Å²) in [5.74, 6) is 0.693. The first kappa shape index (κ1) is 18.3. The van der Waals surface area contributed by atoms with E-state index in [9.17, 15) is 13.2 Å². The minimum absolute atomic E-state index is 0.601. The van der Waals surface area contributed by atoms with Crippen LogP contribution in [-0.4, -0.2) is 26.1 Å². The molecule has 1 aromatic heterocycles. The van der Waals surface area contributed by atoms with Crippen molar-refractivity contribution in [2.75, 3.05) is 20.1 Å². The first-order valence-electron chi connectivity index (χ1n) is 7.62. The Hall–Kier alpha value is -2.02. The summed E-state index contributed by atoms with van der Waals surface area (Å²) in [5.41, 5.74) is 0.231. The molecule has 0 aliphatic heterocycles. The molecule has 0 saturated heterocycles. The third kappa shape index (κ3) is 5.88. The topological polar surface area (TPSA) is 36.4 Å². The molecule has 2 aromatic rings. The summed E-state index contributed by atoms with van der Waals surface area (Å²) in [4.78, 5) is 5.44. The van der Waals surface area contributed by atoms with Crippen LogP contribution < -0.4 is 10.6 Å². The van der Waals surface area contributed by atoms with E-state index in [-0.39, 0.29) is 0 Å². The molecule has 0 radical (unpaired) electrons. The summed E-state index contributed by atoms with van der Waals surface area (Å²) in [7, 11) is 1.69. The maximum absolute atomic E-state index is 12.5. The second-order valence-corrected chi connectivity index (χ2v) is 6.23. The van der Waals surface area contributed by atoms with E-state index < -0.39 is 11.7 Å². The highest BCUT2D eigenvalue weighted by molar-refractivity contribution is 7.09. The van der Waals surface area contributed by atoms with Gasteiger partial charge in [0.05, 0.1) is 5.56 Å². The van der Waals surface area contributed by atoms with Gasteiger partial charge in [-0.3, -0.25) is 4.99 Å². The molecule has 0 amide bonds. The van der Waals surface area contributed by atoms with Gasteiger partial charge in [0.25, 0.3) is 0 Å². The van der Waals surface area contributed by atoms with Crippen molar-refractivity contribution in [1.82, 2.24) is 10.6 Å². The molecule has 0 unspecified atom stereocenters. The lowest BCUT2D eigenvalue weighted by molar-refractivity contribution is -0.137. The minimum atomic E-state index is -4.29. The number of thiophene rings is 1. The highest BCUT2D eigenvalue weighted by Gasteiger charge is 2.29. The van der Waals surface area contributed by atoms with Gasteiger partial charge in [0.15, 0.2) is 5.96 Å². The van der Waals surface area contributed by atoms with Crippen LogP contribution in [0.15, 0.2) is 46.8 Å². The number of nitrogens with one attached hydrogen (secondary N) is 2. The molecule has 7 heteroatoms. The zero-order chi connectivity index (χ0) is 17.4. The monoisotopic (exact) mass is 355 g/mol. The first-order valence-corrected chi connectivity index (χ1v) is 8.50. The Kier molecular flexibility index (Phi) is 6.66. The predicted molar refractivity (Wildman–Crippen MR) is 92.5 cm³/mol. The number of hydrogen-bond acceptors (Lipinski definition) is 2. The van der Waals surface area contributed by atoms with Gasteiger partial charge in [-0.2, -0.15) is 13.2 Å². The van der Waals surface area contributed by atoms with Crippen LogP contribution >= 0.6 is 11.3 Å². The van der Waals surface area contributed by atoms with Crippen molar-refractivity contribution in [3.63, 3.8) is 0 Å². The molecule has 1 aromatic carbocycles. The summed E-state index contributed by atoms with van der Waals surface area (Å²) < 4.78 is 37.5. The molecule has 0 spiro atoms. The van der Waals surface area contributed by atoms with Gasteiger partial charge >= 0.3 is 6.18 Å². The molecule has 24 heavy (non-hydrogen) atoms. The molecule has 0 fully saturated rings. The first-order chi connectivity index (χ1) is 11.5. The molecule has 0 saturated carbocycles. The van der Waals surface area contributed by atoms with E-state index in [4.69, 9.17) is 0 Å². The number of benzene rings is 1. The summed E-state index contributed by atoms with van der Waals surface area (Å²) in [5, 5.41) is 8.43. The lowest BCUT2D eigenvalue weighted by atomic mass is 10.1. The van der Waals surface area contributed by atoms with Crippen molar-refractivity contribution in [3.05, 3.63) is 57.8 Å². The number of guanidine groups is 1. The van der Waals surface area contributed by atoms with Crippen molar-refractivity contribution in [1.29, 1.82) is 0 Å². The van der Waals surface area contributed by atoms with Crippen molar-refractivity contribution in [3.8, 4) is 0 Å². The number of nitrogens with zero attached hydrogens (tertiary/aromatic N) is 1. The van der Waals surface area contributed by atoms with Gasteiger partial charge < -0.3 is 10.6 Å². The molecule has 0 bridgehead atoms. The van der Waals surface area contributed by atoms with Gasteiger partial charge in [-0.05, 0) is 42.0 Å².